The Kier molecular flexibility index (Phi) is 3.69. The number of pyridine rings is 1. The molecule has 0 atom stereocenters. The monoisotopic (exact) mass is 241 g/mol. The molecule has 0 saturated heterocycles. The van der Waals surface area contributed by atoms with Crippen molar-refractivity contribution in [1.29, 1.82) is 0 Å². The predicted octanol–water partition coefficient (Wildman–Crippen LogP) is 2.10. The van der Waals surface area contributed by atoms with Gasteiger partial charge in [-0.1, -0.05) is 12.1 Å². The van der Waals surface area contributed by atoms with Gasteiger partial charge in [0.1, 0.15) is 0 Å². The molecule has 2 aromatic rings. The summed E-state index contributed by atoms with van der Waals surface area (Å²) in [7, 11) is 0. The lowest BCUT2D eigenvalue weighted by Crippen LogP contribution is -2.12. The summed E-state index contributed by atoms with van der Waals surface area (Å²) in [5.74, 6) is -0.135. The third kappa shape index (κ3) is 2.93. The minimum absolute atomic E-state index is 0.135. The average molecular weight is 241 g/mol. The van der Waals surface area contributed by atoms with E-state index in [-0.39, 0.29) is 5.91 Å². The van der Waals surface area contributed by atoms with Gasteiger partial charge < -0.3 is 11.1 Å². The number of anilines is 1. The quantitative estimate of drug-likeness (QED) is 0.864. The number of aryl methyl sites for hydroxylation is 1. The predicted molar refractivity (Wildman–Crippen MR) is 71.3 cm³/mol. The lowest BCUT2D eigenvalue weighted by atomic mass is 10.1. The molecule has 2 rings (SSSR count). The van der Waals surface area contributed by atoms with Crippen LogP contribution in [0.1, 0.15) is 21.6 Å². The second kappa shape index (κ2) is 5.42. The van der Waals surface area contributed by atoms with E-state index in [0.717, 1.165) is 16.9 Å². The van der Waals surface area contributed by atoms with Crippen molar-refractivity contribution in [1.82, 2.24) is 4.98 Å². The van der Waals surface area contributed by atoms with E-state index in [1.54, 1.807) is 24.4 Å². The molecule has 92 valence electrons. The van der Waals surface area contributed by atoms with Crippen molar-refractivity contribution in [3.8, 4) is 0 Å². The van der Waals surface area contributed by atoms with E-state index in [2.05, 4.69) is 10.3 Å². The maximum Gasteiger partial charge on any atom is 0.255 e. The van der Waals surface area contributed by atoms with Gasteiger partial charge in [-0.15, -0.1) is 0 Å². The zero-order valence-electron chi connectivity index (χ0n) is 10.2. The number of nitrogens with zero attached hydrogens (tertiary/aromatic N) is 1. The summed E-state index contributed by atoms with van der Waals surface area (Å²) >= 11 is 0. The number of hydrogen-bond donors (Lipinski definition) is 2. The lowest BCUT2D eigenvalue weighted by Gasteiger charge is -2.06. The molecule has 0 radical (unpaired) electrons. The van der Waals surface area contributed by atoms with Gasteiger partial charge >= 0.3 is 0 Å². The van der Waals surface area contributed by atoms with Crippen LogP contribution in [0.3, 0.4) is 0 Å². The van der Waals surface area contributed by atoms with Gasteiger partial charge in [0.25, 0.3) is 5.91 Å². The molecule has 0 aliphatic carbocycles. The van der Waals surface area contributed by atoms with E-state index in [9.17, 15) is 4.79 Å². The minimum Gasteiger partial charge on any atom is -0.326 e. The molecule has 4 nitrogen and oxygen atoms in total. The molecule has 0 spiro atoms. The summed E-state index contributed by atoms with van der Waals surface area (Å²) in [6.07, 6.45) is 1.67. The number of nitrogens with one attached hydrogen (secondary N) is 1. The van der Waals surface area contributed by atoms with E-state index in [4.69, 9.17) is 5.73 Å². The summed E-state index contributed by atoms with van der Waals surface area (Å²) in [4.78, 5) is 16.0. The molecule has 0 aliphatic heterocycles. The summed E-state index contributed by atoms with van der Waals surface area (Å²) in [6.45, 7) is 2.36. The third-order valence-corrected chi connectivity index (χ3v) is 2.61. The summed E-state index contributed by atoms with van der Waals surface area (Å²) in [5, 5.41) is 2.83. The Morgan fingerprint density at radius 2 is 2.00 bits per heavy atom. The van der Waals surface area contributed by atoms with E-state index in [1.807, 2.05) is 25.1 Å². The van der Waals surface area contributed by atoms with Crippen LogP contribution in [-0.4, -0.2) is 10.9 Å². The average Bonchev–Trinajstić information content (AvgIpc) is 2.39. The van der Waals surface area contributed by atoms with Crippen LogP contribution in [-0.2, 0) is 6.54 Å². The maximum atomic E-state index is 12.0. The molecule has 1 amide bonds. The van der Waals surface area contributed by atoms with Crippen molar-refractivity contribution < 1.29 is 4.79 Å². The van der Waals surface area contributed by atoms with Crippen molar-refractivity contribution in [3.05, 3.63) is 59.4 Å². The van der Waals surface area contributed by atoms with Gasteiger partial charge in [0.05, 0.1) is 0 Å². The van der Waals surface area contributed by atoms with Gasteiger partial charge in [-0.3, -0.25) is 9.78 Å². The first-order valence-electron chi connectivity index (χ1n) is 5.72. The van der Waals surface area contributed by atoms with Crippen molar-refractivity contribution >= 4 is 11.6 Å². The molecular formula is C14H15N3O. The Morgan fingerprint density at radius 3 is 2.61 bits per heavy atom. The first-order chi connectivity index (χ1) is 8.69. The van der Waals surface area contributed by atoms with Gasteiger partial charge in [0.2, 0.25) is 0 Å². The van der Waals surface area contributed by atoms with Crippen molar-refractivity contribution in [2.75, 3.05) is 5.32 Å². The van der Waals surface area contributed by atoms with Crippen LogP contribution in [0, 0.1) is 6.92 Å². The van der Waals surface area contributed by atoms with Gasteiger partial charge in [-0.2, -0.15) is 0 Å². The van der Waals surface area contributed by atoms with E-state index in [1.165, 1.54) is 0 Å². The fourth-order valence-electron chi connectivity index (χ4n) is 1.62. The molecule has 0 fully saturated rings. The SMILES string of the molecule is Cc1cc(NC(=O)c2ccc(CN)cc2)ccn1. The number of carbonyl (C=O) groups is 1. The van der Waals surface area contributed by atoms with Crippen LogP contribution < -0.4 is 11.1 Å². The molecule has 1 aromatic heterocycles. The fraction of sp³-hybridized carbons (Fsp3) is 0.143. The fourth-order valence-corrected chi connectivity index (χ4v) is 1.62. The van der Waals surface area contributed by atoms with Crippen molar-refractivity contribution in [2.45, 2.75) is 13.5 Å². The number of rotatable bonds is 3. The Morgan fingerprint density at radius 1 is 1.28 bits per heavy atom. The standard InChI is InChI=1S/C14H15N3O/c1-10-8-13(6-7-16-10)17-14(18)12-4-2-11(9-15)3-5-12/h2-8H,9,15H2,1H3,(H,16,17,18). The molecule has 0 saturated carbocycles. The number of benzene rings is 1. The van der Waals surface area contributed by atoms with Crippen LogP contribution in [0.15, 0.2) is 42.6 Å². The summed E-state index contributed by atoms with van der Waals surface area (Å²) in [5.41, 5.74) is 8.74. The Hall–Kier alpha value is -2.20. The number of carbonyl (C=O) groups excluding carboxylic acids is 1. The van der Waals surface area contributed by atoms with Crippen LogP contribution in [0.25, 0.3) is 0 Å². The van der Waals surface area contributed by atoms with E-state index < -0.39 is 0 Å². The van der Waals surface area contributed by atoms with Gasteiger partial charge in [0.15, 0.2) is 0 Å². The Labute approximate surface area is 106 Å². The molecule has 18 heavy (non-hydrogen) atoms. The van der Waals surface area contributed by atoms with Crippen LogP contribution >= 0.6 is 0 Å². The molecule has 1 aromatic carbocycles. The largest absolute Gasteiger partial charge is 0.326 e. The van der Waals surface area contributed by atoms with Gasteiger partial charge in [-0.05, 0) is 36.8 Å². The molecule has 0 unspecified atom stereocenters. The molecule has 0 aliphatic rings. The van der Waals surface area contributed by atoms with Crippen LogP contribution in [0.4, 0.5) is 5.69 Å². The number of hydrogen-bond acceptors (Lipinski definition) is 3. The number of nitrogens with two attached hydrogens (primary N) is 1. The van der Waals surface area contributed by atoms with Crippen LogP contribution in [0.5, 0.6) is 0 Å². The maximum absolute atomic E-state index is 12.0. The summed E-state index contributed by atoms with van der Waals surface area (Å²) in [6, 6.07) is 10.8. The first kappa shape index (κ1) is 12.3. The highest BCUT2D eigenvalue weighted by Crippen LogP contribution is 2.10. The minimum atomic E-state index is -0.135. The topological polar surface area (TPSA) is 68.0 Å². The van der Waals surface area contributed by atoms with E-state index >= 15 is 0 Å². The van der Waals surface area contributed by atoms with Gasteiger partial charge in [0, 0.05) is 29.7 Å². The molecule has 4 heteroatoms. The second-order valence-electron chi connectivity index (χ2n) is 4.04. The summed E-state index contributed by atoms with van der Waals surface area (Å²) < 4.78 is 0. The highest BCUT2D eigenvalue weighted by atomic mass is 16.1. The Balaban J connectivity index is 2.11. The third-order valence-electron chi connectivity index (χ3n) is 2.61. The Bertz CT molecular complexity index is 549. The molecule has 0 bridgehead atoms. The lowest BCUT2D eigenvalue weighted by molar-refractivity contribution is 0.102. The van der Waals surface area contributed by atoms with Gasteiger partial charge in [-0.25, -0.2) is 0 Å². The zero-order chi connectivity index (χ0) is 13.0. The highest BCUT2D eigenvalue weighted by molar-refractivity contribution is 6.04. The normalized spacial score (nSPS) is 10.1. The van der Waals surface area contributed by atoms with Crippen LogP contribution in [0.2, 0.25) is 0 Å². The van der Waals surface area contributed by atoms with E-state index in [0.29, 0.717) is 12.1 Å². The smallest absolute Gasteiger partial charge is 0.255 e. The molecule has 3 N–H and O–H groups in total. The highest BCUT2D eigenvalue weighted by Gasteiger charge is 2.05. The first-order valence-corrected chi connectivity index (χ1v) is 5.72. The number of aromatic nitrogens is 1. The second-order valence-corrected chi connectivity index (χ2v) is 4.04. The van der Waals surface area contributed by atoms with Crippen molar-refractivity contribution in [2.24, 2.45) is 5.73 Å². The molecule has 1 heterocycles. The molecular weight excluding hydrogens is 226 g/mol. The number of amides is 1. The zero-order valence-corrected chi connectivity index (χ0v) is 10.2. The van der Waals surface area contributed by atoms with Crippen molar-refractivity contribution in [3.63, 3.8) is 0 Å².